The highest BCUT2D eigenvalue weighted by Crippen LogP contribution is 2.40. The Morgan fingerprint density at radius 3 is 2.32 bits per heavy atom. The average molecular weight is 459 g/mol. The molecule has 1 atom stereocenters. The molecule has 1 amide bonds. The highest BCUT2D eigenvalue weighted by Gasteiger charge is 2.45. The largest absolute Gasteiger partial charge is 0.507 e. The van der Waals surface area contributed by atoms with E-state index in [-0.39, 0.29) is 11.3 Å². The first kappa shape index (κ1) is 23.2. The molecular formula is C27H26N2O5. The number of esters is 1. The normalized spacial score (nSPS) is 17.5. The summed E-state index contributed by atoms with van der Waals surface area (Å²) in [5.41, 5.74) is 1.14. The van der Waals surface area contributed by atoms with E-state index in [2.05, 4.69) is 0 Å². The van der Waals surface area contributed by atoms with E-state index in [4.69, 9.17) is 4.74 Å². The van der Waals surface area contributed by atoms with Gasteiger partial charge in [-0.15, -0.1) is 0 Å². The molecule has 174 valence electrons. The fourth-order valence-electron chi connectivity index (χ4n) is 4.14. The van der Waals surface area contributed by atoms with Crippen LogP contribution in [0.4, 0.5) is 0 Å². The van der Waals surface area contributed by atoms with E-state index in [0.717, 1.165) is 10.8 Å². The van der Waals surface area contributed by atoms with E-state index in [9.17, 15) is 19.5 Å². The van der Waals surface area contributed by atoms with E-state index >= 15 is 0 Å². The third kappa shape index (κ3) is 4.56. The number of likely N-dealkylation sites (tertiary alicyclic amines) is 1. The number of Topliss-reactive ketones (excluding diaryl/α,β-unsaturated/α-hetero) is 1. The number of hydrogen-bond acceptors (Lipinski definition) is 6. The fourth-order valence-corrected chi connectivity index (χ4v) is 4.14. The number of carbonyl (C=O) groups is 3. The van der Waals surface area contributed by atoms with Gasteiger partial charge >= 0.3 is 5.97 Å². The third-order valence-corrected chi connectivity index (χ3v) is 5.81. The molecule has 1 aliphatic rings. The first-order valence-corrected chi connectivity index (χ1v) is 11.0. The van der Waals surface area contributed by atoms with Crippen molar-refractivity contribution in [3.8, 4) is 5.75 Å². The second kappa shape index (κ2) is 9.49. The fraction of sp³-hybridized carbons (Fsp3) is 0.222. The smallest absolute Gasteiger partial charge is 0.308 e. The van der Waals surface area contributed by atoms with Crippen molar-refractivity contribution in [3.63, 3.8) is 0 Å². The molecule has 3 aromatic carbocycles. The van der Waals surface area contributed by atoms with Crippen molar-refractivity contribution < 1.29 is 24.2 Å². The van der Waals surface area contributed by atoms with Crippen molar-refractivity contribution in [1.82, 2.24) is 9.80 Å². The van der Waals surface area contributed by atoms with Crippen LogP contribution in [0.5, 0.6) is 5.75 Å². The van der Waals surface area contributed by atoms with Crippen LogP contribution in [-0.2, 0) is 14.4 Å². The SMILES string of the molecule is CC(=O)Oc1ccc(C2/C(=C(/O)c3ccc4ccccc4c3)C(=O)C(=O)N2CCN(C)C)cc1. The molecule has 0 radical (unpaired) electrons. The standard InChI is InChI=1S/C27H26N2O5/c1-17(30)34-22-12-10-19(11-13-22)24-23(26(32)27(33)29(24)15-14-28(2)3)25(31)21-9-8-18-6-4-5-7-20(18)16-21/h4-13,16,24,31H,14-15H2,1-3H3/b25-23-. The molecule has 7 heteroatoms. The van der Waals surface area contributed by atoms with Crippen LogP contribution in [0.3, 0.4) is 0 Å². The lowest BCUT2D eigenvalue weighted by molar-refractivity contribution is -0.140. The molecule has 1 saturated heterocycles. The van der Waals surface area contributed by atoms with Crippen molar-refractivity contribution in [1.29, 1.82) is 0 Å². The summed E-state index contributed by atoms with van der Waals surface area (Å²) in [5.74, 6) is -1.68. The van der Waals surface area contributed by atoms with E-state index in [1.54, 1.807) is 36.4 Å². The Balaban J connectivity index is 1.82. The molecule has 0 aliphatic carbocycles. The van der Waals surface area contributed by atoms with Crippen LogP contribution in [0.15, 0.2) is 72.3 Å². The van der Waals surface area contributed by atoms with Crippen molar-refractivity contribution in [2.24, 2.45) is 0 Å². The predicted molar refractivity (Wildman–Crippen MR) is 129 cm³/mol. The number of aliphatic hydroxyl groups is 1. The Hall–Kier alpha value is -3.97. The summed E-state index contributed by atoms with van der Waals surface area (Å²) < 4.78 is 5.11. The monoisotopic (exact) mass is 458 g/mol. The lowest BCUT2D eigenvalue weighted by Gasteiger charge is -2.26. The van der Waals surface area contributed by atoms with Gasteiger partial charge in [-0.25, -0.2) is 0 Å². The molecule has 0 spiro atoms. The van der Waals surface area contributed by atoms with Crippen molar-refractivity contribution in [2.45, 2.75) is 13.0 Å². The first-order valence-electron chi connectivity index (χ1n) is 11.0. The maximum atomic E-state index is 13.1. The Morgan fingerprint density at radius 2 is 1.68 bits per heavy atom. The molecule has 1 fully saturated rings. The molecule has 34 heavy (non-hydrogen) atoms. The molecule has 4 rings (SSSR count). The number of hydrogen-bond donors (Lipinski definition) is 1. The van der Waals surface area contributed by atoms with Gasteiger partial charge in [0.25, 0.3) is 11.7 Å². The summed E-state index contributed by atoms with van der Waals surface area (Å²) in [6.45, 7) is 2.17. The van der Waals surface area contributed by atoms with E-state index in [1.807, 2.05) is 49.3 Å². The molecule has 1 N–H and O–H groups in total. The first-order chi connectivity index (χ1) is 16.3. The Kier molecular flexibility index (Phi) is 6.47. The van der Waals surface area contributed by atoms with Crippen molar-refractivity contribution >= 4 is 34.2 Å². The summed E-state index contributed by atoms with van der Waals surface area (Å²) in [6, 6.07) is 19.0. The molecule has 7 nitrogen and oxygen atoms in total. The highest BCUT2D eigenvalue weighted by molar-refractivity contribution is 6.46. The number of amides is 1. The number of rotatable bonds is 6. The second-order valence-corrected chi connectivity index (χ2v) is 8.52. The van der Waals surface area contributed by atoms with Gasteiger partial charge in [0, 0.05) is 25.6 Å². The maximum Gasteiger partial charge on any atom is 0.308 e. The third-order valence-electron chi connectivity index (χ3n) is 5.81. The van der Waals surface area contributed by atoms with E-state index in [1.165, 1.54) is 11.8 Å². The number of ketones is 1. The van der Waals surface area contributed by atoms with Gasteiger partial charge in [0.15, 0.2) is 0 Å². The van der Waals surface area contributed by atoms with Gasteiger partial charge in [0.2, 0.25) is 0 Å². The predicted octanol–water partition coefficient (Wildman–Crippen LogP) is 3.75. The summed E-state index contributed by atoms with van der Waals surface area (Å²) in [6.07, 6.45) is 0. The second-order valence-electron chi connectivity index (χ2n) is 8.52. The lowest BCUT2D eigenvalue weighted by atomic mass is 9.94. The molecule has 0 aromatic heterocycles. The van der Waals surface area contributed by atoms with Crippen LogP contribution in [0.2, 0.25) is 0 Å². The molecule has 0 saturated carbocycles. The Labute approximate surface area is 197 Å². The van der Waals surface area contributed by atoms with Crippen molar-refractivity contribution in [3.05, 3.63) is 83.4 Å². The van der Waals surface area contributed by atoms with Crippen LogP contribution in [0, 0.1) is 0 Å². The summed E-state index contributed by atoms with van der Waals surface area (Å²) in [4.78, 5) is 40.8. The molecule has 1 heterocycles. The number of ether oxygens (including phenoxy) is 1. The van der Waals surface area contributed by atoms with Gasteiger partial charge in [0.1, 0.15) is 11.5 Å². The minimum atomic E-state index is -0.766. The zero-order chi connectivity index (χ0) is 24.4. The molecule has 1 unspecified atom stereocenters. The zero-order valence-corrected chi connectivity index (χ0v) is 19.3. The van der Waals surface area contributed by atoms with Gasteiger partial charge in [-0.2, -0.15) is 0 Å². The van der Waals surface area contributed by atoms with Crippen LogP contribution < -0.4 is 4.74 Å². The Morgan fingerprint density at radius 1 is 1.00 bits per heavy atom. The molecular weight excluding hydrogens is 432 g/mol. The van der Waals surface area contributed by atoms with Gasteiger partial charge in [-0.05, 0) is 48.6 Å². The molecule has 0 bridgehead atoms. The lowest BCUT2D eigenvalue weighted by Crippen LogP contribution is -2.35. The molecule has 1 aliphatic heterocycles. The number of carbonyl (C=O) groups excluding carboxylic acids is 3. The maximum absolute atomic E-state index is 13.1. The highest BCUT2D eigenvalue weighted by atomic mass is 16.5. The van der Waals surface area contributed by atoms with Gasteiger partial charge in [-0.1, -0.05) is 48.5 Å². The average Bonchev–Trinajstić information content (AvgIpc) is 3.07. The number of benzene rings is 3. The van der Waals surface area contributed by atoms with E-state index in [0.29, 0.717) is 30.0 Å². The topological polar surface area (TPSA) is 87.1 Å². The van der Waals surface area contributed by atoms with Crippen LogP contribution >= 0.6 is 0 Å². The minimum Gasteiger partial charge on any atom is -0.507 e. The number of fused-ring (bicyclic) bond motifs is 1. The van der Waals surface area contributed by atoms with Gasteiger partial charge in [-0.3, -0.25) is 14.4 Å². The van der Waals surface area contributed by atoms with Crippen molar-refractivity contribution in [2.75, 3.05) is 27.2 Å². The van der Waals surface area contributed by atoms with Gasteiger partial charge < -0.3 is 19.6 Å². The molecule has 3 aromatic rings. The quantitative estimate of drug-likeness (QED) is 0.199. The number of aliphatic hydroxyl groups excluding tert-OH is 1. The minimum absolute atomic E-state index is 0.0410. The van der Waals surface area contributed by atoms with Gasteiger partial charge in [0.05, 0.1) is 11.6 Å². The number of nitrogens with zero attached hydrogens (tertiary/aromatic N) is 2. The zero-order valence-electron chi connectivity index (χ0n) is 19.3. The summed E-state index contributed by atoms with van der Waals surface area (Å²) in [5, 5.41) is 13.2. The van der Waals surface area contributed by atoms with Crippen LogP contribution in [0.25, 0.3) is 16.5 Å². The Bertz CT molecular complexity index is 1290. The summed E-state index contributed by atoms with van der Waals surface area (Å²) in [7, 11) is 3.77. The van der Waals surface area contributed by atoms with E-state index < -0.39 is 23.7 Å². The number of likely N-dealkylation sites (N-methyl/N-ethyl adjacent to an activating group) is 1. The van der Waals surface area contributed by atoms with Crippen LogP contribution in [-0.4, -0.2) is 59.8 Å². The van der Waals surface area contributed by atoms with Crippen LogP contribution in [0.1, 0.15) is 24.1 Å². The summed E-state index contributed by atoms with van der Waals surface area (Å²) >= 11 is 0.